The number of nitrogens with zero attached hydrogens (tertiary/aromatic N) is 1. The average molecular weight is 422 g/mol. The number of aliphatic hydroxyl groups excluding tert-OH is 1. The molecule has 4 rings (SSSR count). The summed E-state index contributed by atoms with van der Waals surface area (Å²) in [5.41, 5.74) is 4.20. The number of pyridine rings is 1. The number of Topliss-reactive ketones (excluding diaryl/α,β-unsaturated/α-hetero) is 1. The van der Waals surface area contributed by atoms with Crippen molar-refractivity contribution in [1.82, 2.24) is 4.98 Å². The number of hydrogen-bond donors (Lipinski definition) is 1. The van der Waals surface area contributed by atoms with E-state index < -0.39 is 6.10 Å². The number of benzene rings is 2. The van der Waals surface area contributed by atoms with Crippen molar-refractivity contribution in [2.75, 3.05) is 5.75 Å². The van der Waals surface area contributed by atoms with Gasteiger partial charge < -0.3 is 5.11 Å². The van der Waals surface area contributed by atoms with E-state index in [1.165, 1.54) is 5.56 Å². The second kappa shape index (κ2) is 8.74. The summed E-state index contributed by atoms with van der Waals surface area (Å²) in [6.45, 7) is 4.13. The van der Waals surface area contributed by atoms with Crippen LogP contribution in [-0.4, -0.2) is 21.6 Å². The first kappa shape index (κ1) is 20.2. The zero-order chi connectivity index (χ0) is 20.4. The third kappa shape index (κ3) is 4.27. The molecule has 1 aromatic heterocycles. The van der Waals surface area contributed by atoms with E-state index in [0.29, 0.717) is 17.7 Å². The van der Waals surface area contributed by atoms with Gasteiger partial charge in [-0.2, -0.15) is 0 Å². The largest absolute Gasteiger partial charge is 0.382 e. The molecule has 148 valence electrons. The molecule has 5 heteroatoms. The number of rotatable bonds is 5. The van der Waals surface area contributed by atoms with Crippen molar-refractivity contribution < 1.29 is 9.90 Å². The SMILES string of the molecule is CCSC1=C(C(O)c2ccc3ccccc3n2)C(=O)CC(c2ccc(C)cc2)S1. The molecule has 0 radical (unpaired) electrons. The van der Waals surface area contributed by atoms with Crippen LogP contribution in [0.15, 0.2) is 70.5 Å². The normalized spacial score (nSPS) is 18.3. The smallest absolute Gasteiger partial charge is 0.164 e. The quantitative estimate of drug-likeness (QED) is 0.548. The summed E-state index contributed by atoms with van der Waals surface area (Å²) < 4.78 is 0.914. The molecule has 3 nitrogen and oxygen atoms in total. The van der Waals surface area contributed by atoms with Gasteiger partial charge in [-0.25, -0.2) is 4.98 Å². The lowest BCUT2D eigenvalue weighted by atomic mass is 9.97. The number of carbonyl (C=O) groups is 1. The van der Waals surface area contributed by atoms with Gasteiger partial charge in [-0.05, 0) is 30.4 Å². The molecule has 1 aliphatic rings. The Morgan fingerprint density at radius 2 is 1.90 bits per heavy atom. The predicted molar refractivity (Wildman–Crippen MR) is 123 cm³/mol. The van der Waals surface area contributed by atoms with Gasteiger partial charge in [0.25, 0.3) is 0 Å². The number of aromatic nitrogens is 1. The van der Waals surface area contributed by atoms with Gasteiger partial charge >= 0.3 is 0 Å². The molecule has 2 atom stereocenters. The first-order valence-corrected chi connectivity index (χ1v) is 11.6. The fraction of sp³-hybridized carbons (Fsp3) is 0.250. The van der Waals surface area contributed by atoms with Crippen molar-refractivity contribution in [3.8, 4) is 0 Å². The Kier molecular flexibility index (Phi) is 6.09. The van der Waals surface area contributed by atoms with Crippen LogP contribution in [0.2, 0.25) is 0 Å². The number of ketones is 1. The number of carbonyl (C=O) groups excluding carboxylic acids is 1. The van der Waals surface area contributed by atoms with Gasteiger partial charge in [0.15, 0.2) is 5.78 Å². The van der Waals surface area contributed by atoms with Gasteiger partial charge in [-0.15, -0.1) is 23.5 Å². The molecule has 2 unspecified atom stereocenters. The molecular weight excluding hydrogens is 398 g/mol. The molecule has 1 N–H and O–H groups in total. The van der Waals surface area contributed by atoms with Crippen LogP contribution in [-0.2, 0) is 4.79 Å². The van der Waals surface area contributed by atoms with E-state index in [0.717, 1.165) is 26.5 Å². The van der Waals surface area contributed by atoms with Crippen molar-refractivity contribution in [2.24, 2.45) is 0 Å². The van der Waals surface area contributed by atoms with E-state index in [2.05, 4.69) is 43.1 Å². The zero-order valence-electron chi connectivity index (χ0n) is 16.5. The van der Waals surface area contributed by atoms with Crippen LogP contribution < -0.4 is 0 Å². The minimum Gasteiger partial charge on any atom is -0.382 e. The van der Waals surface area contributed by atoms with Crippen LogP contribution in [0.4, 0.5) is 0 Å². The summed E-state index contributed by atoms with van der Waals surface area (Å²) >= 11 is 3.31. The molecule has 0 bridgehead atoms. The molecule has 0 fully saturated rings. The second-order valence-electron chi connectivity index (χ2n) is 7.11. The predicted octanol–water partition coefficient (Wildman–Crippen LogP) is 5.99. The Hall–Kier alpha value is -2.08. The first-order chi connectivity index (χ1) is 14.1. The second-order valence-corrected chi connectivity index (χ2v) is 9.86. The van der Waals surface area contributed by atoms with Crippen molar-refractivity contribution in [3.05, 3.63) is 87.3 Å². The van der Waals surface area contributed by atoms with E-state index in [4.69, 9.17) is 0 Å². The summed E-state index contributed by atoms with van der Waals surface area (Å²) in [6.07, 6.45) is -0.616. The van der Waals surface area contributed by atoms with E-state index in [1.54, 1.807) is 23.5 Å². The molecule has 0 saturated carbocycles. The molecular formula is C24H23NO2S2. The lowest BCUT2D eigenvalue weighted by Crippen LogP contribution is -2.20. The third-order valence-corrected chi connectivity index (χ3v) is 7.61. The summed E-state index contributed by atoms with van der Waals surface area (Å²) in [4.78, 5) is 17.7. The summed E-state index contributed by atoms with van der Waals surface area (Å²) in [5.74, 6) is 0.852. The Morgan fingerprint density at radius 3 is 2.66 bits per heavy atom. The molecule has 0 spiro atoms. The monoisotopic (exact) mass is 421 g/mol. The third-order valence-electron chi connectivity index (χ3n) is 5.04. The van der Waals surface area contributed by atoms with Gasteiger partial charge in [-0.1, -0.05) is 61.0 Å². The fourth-order valence-electron chi connectivity index (χ4n) is 3.48. The number of aryl methyl sites for hydroxylation is 1. The standard InChI is InChI=1S/C24H23NO2S2/c1-3-28-24-22(20(26)14-21(29-24)17-10-8-15(2)9-11-17)23(27)19-13-12-16-6-4-5-7-18(16)25-19/h4-13,21,23,27H,3,14H2,1-2H3. The Bertz CT molecular complexity index is 1080. The van der Waals surface area contributed by atoms with Gasteiger partial charge in [0.1, 0.15) is 6.10 Å². The number of fused-ring (bicyclic) bond motifs is 1. The lowest BCUT2D eigenvalue weighted by Gasteiger charge is -2.28. The average Bonchev–Trinajstić information content (AvgIpc) is 2.73. The number of aliphatic hydroxyl groups is 1. The number of para-hydroxylation sites is 1. The highest BCUT2D eigenvalue weighted by atomic mass is 32.2. The van der Waals surface area contributed by atoms with Crippen LogP contribution in [0, 0.1) is 6.92 Å². The lowest BCUT2D eigenvalue weighted by molar-refractivity contribution is -0.116. The Morgan fingerprint density at radius 1 is 1.14 bits per heavy atom. The molecule has 0 aliphatic carbocycles. The van der Waals surface area contributed by atoms with Crippen LogP contribution in [0.1, 0.15) is 41.5 Å². The van der Waals surface area contributed by atoms with Gasteiger partial charge in [0.2, 0.25) is 0 Å². The fourth-order valence-corrected chi connectivity index (χ4v) is 6.24. The van der Waals surface area contributed by atoms with E-state index in [-0.39, 0.29) is 11.0 Å². The summed E-state index contributed by atoms with van der Waals surface area (Å²) in [5, 5.41) is 12.2. The van der Waals surface area contributed by atoms with Crippen LogP contribution >= 0.6 is 23.5 Å². The van der Waals surface area contributed by atoms with E-state index in [1.807, 2.05) is 36.4 Å². The minimum atomic E-state index is -1.01. The highest BCUT2D eigenvalue weighted by Gasteiger charge is 2.34. The van der Waals surface area contributed by atoms with Crippen molar-refractivity contribution >= 4 is 40.2 Å². The molecule has 0 saturated heterocycles. The zero-order valence-corrected chi connectivity index (χ0v) is 18.1. The van der Waals surface area contributed by atoms with Gasteiger partial charge in [0, 0.05) is 22.6 Å². The maximum atomic E-state index is 13.1. The summed E-state index contributed by atoms with van der Waals surface area (Å²) in [7, 11) is 0. The number of thioether (sulfide) groups is 2. The molecule has 2 heterocycles. The Balaban J connectivity index is 1.69. The van der Waals surface area contributed by atoms with Crippen LogP contribution in [0.5, 0.6) is 0 Å². The first-order valence-electron chi connectivity index (χ1n) is 9.74. The molecule has 29 heavy (non-hydrogen) atoms. The van der Waals surface area contributed by atoms with Crippen LogP contribution in [0.25, 0.3) is 10.9 Å². The maximum absolute atomic E-state index is 13.1. The molecule has 2 aromatic carbocycles. The molecule has 1 aliphatic heterocycles. The maximum Gasteiger partial charge on any atom is 0.164 e. The summed E-state index contributed by atoms with van der Waals surface area (Å²) in [6, 6.07) is 19.9. The van der Waals surface area contributed by atoms with Crippen molar-refractivity contribution in [2.45, 2.75) is 31.6 Å². The van der Waals surface area contributed by atoms with E-state index in [9.17, 15) is 9.90 Å². The van der Waals surface area contributed by atoms with Crippen molar-refractivity contribution in [1.29, 1.82) is 0 Å². The molecule has 0 amide bonds. The topological polar surface area (TPSA) is 50.2 Å². The minimum absolute atomic E-state index is 0.00716. The molecule has 3 aromatic rings. The number of hydrogen-bond acceptors (Lipinski definition) is 5. The van der Waals surface area contributed by atoms with Gasteiger partial charge in [-0.3, -0.25) is 4.79 Å². The van der Waals surface area contributed by atoms with E-state index >= 15 is 0 Å². The highest BCUT2D eigenvalue weighted by Crippen LogP contribution is 2.50. The van der Waals surface area contributed by atoms with Gasteiger partial charge in [0.05, 0.1) is 15.4 Å². The van der Waals surface area contributed by atoms with Crippen LogP contribution in [0.3, 0.4) is 0 Å². The highest BCUT2D eigenvalue weighted by molar-refractivity contribution is 8.22. The van der Waals surface area contributed by atoms with Crippen molar-refractivity contribution in [3.63, 3.8) is 0 Å². The Labute approximate surface area is 179 Å².